The summed E-state index contributed by atoms with van der Waals surface area (Å²) in [6.45, 7) is 7.57. The summed E-state index contributed by atoms with van der Waals surface area (Å²) in [5.74, 6) is 0.581. The fraction of sp³-hybridized carbons (Fsp3) is 0.533. The van der Waals surface area contributed by atoms with E-state index in [9.17, 15) is 0 Å². The van der Waals surface area contributed by atoms with Gasteiger partial charge in [-0.2, -0.15) is 0 Å². The molecule has 1 aromatic carbocycles. The van der Waals surface area contributed by atoms with Gasteiger partial charge in [-0.25, -0.2) is 0 Å². The van der Waals surface area contributed by atoms with Crippen LogP contribution < -0.4 is 10.5 Å². The van der Waals surface area contributed by atoms with Crippen molar-refractivity contribution in [2.75, 3.05) is 20.3 Å². The van der Waals surface area contributed by atoms with Crippen LogP contribution in [0.3, 0.4) is 0 Å². The highest BCUT2D eigenvalue weighted by atomic mass is 16.5. The maximum atomic E-state index is 7.52. The lowest BCUT2D eigenvalue weighted by Crippen LogP contribution is -2.21. The van der Waals surface area contributed by atoms with Gasteiger partial charge >= 0.3 is 0 Å². The lowest BCUT2D eigenvalue weighted by Gasteiger charge is -2.19. The Morgan fingerprint density at radius 2 is 1.95 bits per heavy atom. The van der Waals surface area contributed by atoms with Gasteiger partial charge in [0, 0.05) is 0 Å². The first-order valence-electron chi connectivity index (χ1n) is 6.56. The van der Waals surface area contributed by atoms with E-state index in [1.54, 1.807) is 13.2 Å². The molecule has 0 saturated heterocycles. The second-order valence-corrected chi connectivity index (χ2v) is 5.46. The Morgan fingerprint density at radius 1 is 1.25 bits per heavy atom. The Morgan fingerprint density at radius 3 is 2.50 bits per heavy atom. The number of amidine groups is 1. The van der Waals surface area contributed by atoms with Crippen molar-refractivity contribution >= 4 is 5.84 Å². The Kier molecular flexibility index (Phi) is 5.98. The molecule has 0 atom stereocenters. The predicted molar refractivity (Wildman–Crippen MR) is 79.4 cm³/mol. The lowest BCUT2D eigenvalue weighted by atomic mass is 10.1. The largest absolute Gasteiger partial charge is 0.496 e. The molecule has 0 aliphatic heterocycles. The molecule has 5 nitrogen and oxygen atoms in total. The number of hydrogen-bond donors (Lipinski definition) is 2. The summed E-state index contributed by atoms with van der Waals surface area (Å²) in [7, 11) is 1.56. The number of rotatable bonds is 7. The van der Waals surface area contributed by atoms with Gasteiger partial charge in [0.15, 0.2) is 0 Å². The maximum Gasteiger partial charge on any atom is 0.129 e. The molecule has 1 rings (SSSR count). The van der Waals surface area contributed by atoms with Crippen molar-refractivity contribution in [3.05, 3.63) is 29.3 Å². The molecule has 20 heavy (non-hydrogen) atoms. The standard InChI is InChI=1S/C15H24N2O3/c1-15(2,3)20-8-7-19-10-11-5-6-13(18-4)12(9-11)14(16)17/h5-6,9H,7-8,10H2,1-4H3,(H3,16,17). The molecule has 1 aromatic rings. The van der Waals surface area contributed by atoms with Gasteiger partial charge in [0.2, 0.25) is 0 Å². The maximum absolute atomic E-state index is 7.52. The monoisotopic (exact) mass is 280 g/mol. The highest BCUT2D eigenvalue weighted by Crippen LogP contribution is 2.19. The average molecular weight is 280 g/mol. The summed E-state index contributed by atoms with van der Waals surface area (Å²) in [5.41, 5.74) is 6.91. The molecule has 0 radical (unpaired) electrons. The van der Waals surface area contributed by atoms with Crippen molar-refractivity contribution in [1.29, 1.82) is 5.41 Å². The predicted octanol–water partition coefficient (Wildman–Crippen LogP) is 2.31. The first-order chi connectivity index (χ1) is 9.33. The first-order valence-corrected chi connectivity index (χ1v) is 6.56. The molecular formula is C15H24N2O3. The molecule has 0 bridgehead atoms. The fourth-order valence-corrected chi connectivity index (χ4v) is 1.65. The molecule has 0 aliphatic rings. The van der Waals surface area contributed by atoms with Gasteiger partial charge in [0.05, 0.1) is 38.1 Å². The molecule has 0 spiro atoms. The summed E-state index contributed by atoms with van der Waals surface area (Å²) in [6.07, 6.45) is 0. The third-order valence-electron chi connectivity index (χ3n) is 2.59. The molecule has 0 heterocycles. The van der Waals surface area contributed by atoms with Crippen LogP contribution >= 0.6 is 0 Å². The summed E-state index contributed by atoms with van der Waals surface area (Å²) >= 11 is 0. The van der Waals surface area contributed by atoms with Gasteiger partial charge in [-0.3, -0.25) is 5.41 Å². The van der Waals surface area contributed by atoms with Crippen LogP contribution in [0.4, 0.5) is 0 Å². The number of ether oxygens (including phenoxy) is 3. The van der Waals surface area contributed by atoms with Crippen LogP contribution in [-0.4, -0.2) is 31.8 Å². The Labute approximate surface area is 120 Å². The van der Waals surface area contributed by atoms with Crippen molar-refractivity contribution in [1.82, 2.24) is 0 Å². The van der Waals surface area contributed by atoms with Gasteiger partial charge in [0.25, 0.3) is 0 Å². The molecule has 0 aliphatic carbocycles. The summed E-state index contributed by atoms with van der Waals surface area (Å²) in [4.78, 5) is 0. The van der Waals surface area contributed by atoms with Crippen LogP contribution in [-0.2, 0) is 16.1 Å². The Bertz CT molecular complexity index is 453. The van der Waals surface area contributed by atoms with Gasteiger partial charge in [-0.05, 0) is 38.5 Å². The molecule has 0 amide bonds. The summed E-state index contributed by atoms with van der Waals surface area (Å²) in [5, 5.41) is 7.52. The number of hydrogen-bond acceptors (Lipinski definition) is 4. The topological polar surface area (TPSA) is 77.6 Å². The molecule has 0 aromatic heterocycles. The van der Waals surface area contributed by atoms with E-state index in [4.69, 9.17) is 25.4 Å². The average Bonchev–Trinajstić information content (AvgIpc) is 2.36. The number of methoxy groups -OCH3 is 1. The zero-order valence-electron chi connectivity index (χ0n) is 12.7. The zero-order valence-corrected chi connectivity index (χ0v) is 12.7. The summed E-state index contributed by atoms with van der Waals surface area (Å²) in [6, 6.07) is 5.50. The molecule has 0 unspecified atom stereocenters. The van der Waals surface area contributed by atoms with E-state index in [0.29, 0.717) is 31.1 Å². The minimum Gasteiger partial charge on any atom is -0.496 e. The highest BCUT2D eigenvalue weighted by molar-refractivity contribution is 5.97. The second-order valence-electron chi connectivity index (χ2n) is 5.46. The van der Waals surface area contributed by atoms with E-state index >= 15 is 0 Å². The van der Waals surface area contributed by atoms with E-state index in [-0.39, 0.29) is 11.4 Å². The van der Waals surface area contributed by atoms with E-state index in [1.165, 1.54) is 0 Å². The highest BCUT2D eigenvalue weighted by Gasteiger charge is 2.10. The minimum absolute atomic E-state index is 0.0141. The Hall–Kier alpha value is -1.59. The number of nitrogen functional groups attached to an aromatic ring is 1. The van der Waals surface area contributed by atoms with Gasteiger partial charge in [-0.15, -0.1) is 0 Å². The molecule has 3 N–H and O–H groups in total. The third-order valence-corrected chi connectivity index (χ3v) is 2.59. The second kappa shape index (κ2) is 7.26. The third kappa shape index (κ3) is 5.59. The number of nitrogens with one attached hydrogen (secondary N) is 1. The Balaban J connectivity index is 2.49. The lowest BCUT2D eigenvalue weighted by molar-refractivity contribution is -0.0376. The van der Waals surface area contributed by atoms with Crippen LogP contribution in [0.1, 0.15) is 31.9 Å². The zero-order chi connectivity index (χ0) is 15.2. The van der Waals surface area contributed by atoms with Crippen molar-refractivity contribution in [3.8, 4) is 5.75 Å². The van der Waals surface area contributed by atoms with Crippen molar-refractivity contribution < 1.29 is 14.2 Å². The van der Waals surface area contributed by atoms with Gasteiger partial charge in [-0.1, -0.05) is 6.07 Å². The molecular weight excluding hydrogens is 256 g/mol. The SMILES string of the molecule is COc1ccc(COCCOC(C)(C)C)cc1C(=N)N. The molecule has 5 heteroatoms. The minimum atomic E-state index is -0.148. The molecule has 112 valence electrons. The van der Waals surface area contributed by atoms with Gasteiger partial charge in [0.1, 0.15) is 11.6 Å². The van der Waals surface area contributed by atoms with Gasteiger partial charge < -0.3 is 19.9 Å². The van der Waals surface area contributed by atoms with Crippen LogP contribution in [0.25, 0.3) is 0 Å². The van der Waals surface area contributed by atoms with Crippen LogP contribution in [0.5, 0.6) is 5.75 Å². The molecule has 0 saturated carbocycles. The quantitative estimate of drug-likeness (QED) is 0.456. The van der Waals surface area contributed by atoms with E-state index < -0.39 is 0 Å². The van der Waals surface area contributed by atoms with E-state index in [0.717, 1.165) is 5.56 Å². The number of benzene rings is 1. The van der Waals surface area contributed by atoms with Crippen molar-refractivity contribution in [3.63, 3.8) is 0 Å². The van der Waals surface area contributed by atoms with Crippen molar-refractivity contribution in [2.45, 2.75) is 33.0 Å². The van der Waals surface area contributed by atoms with Crippen LogP contribution in [0.15, 0.2) is 18.2 Å². The normalized spacial score (nSPS) is 11.4. The first kappa shape index (κ1) is 16.5. The van der Waals surface area contributed by atoms with Crippen molar-refractivity contribution in [2.24, 2.45) is 5.73 Å². The summed E-state index contributed by atoms with van der Waals surface area (Å²) < 4.78 is 16.3. The molecule has 0 fully saturated rings. The van der Waals surface area contributed by atoms with E-state index in [1.807, 2.05) is 32.9 Å². The number of nitrogens with two attached hydrogens (primary N) is 1. The van der Waals surface area contributed by atoms with E-state index in [2.05, 4.69) is 0 Å². The fourth-order valence-electron chi connectivity index (χ4n) is 1.65. The van der Waals surface area contributed by atoms with Crippen LogP contribution in [0.2, 0.25) is 0 Å². The smallest absolute Gasteiger partial charge is 0.129 e. The van der Waals surface area contributed by atoms with Crippen LogP contribution in [0, 0.1) is 5.41 Å².